The highest BCUT2D eigenvalue weighted by molar-refractivity contribution is 5.83. The van der Waals surface area contributed by atoms with Crippen LogP contribution in [0.25, 0.3) is 0 Å². The van der Waals surface area contributed by atoms with Crippen LogP contribution < -0.4 is 5.32 Å². The Morgan fingerprint density at radius 2 is 2.00 bits per heavy atom. The van der Waals surface area contributed by atoms with Crippen LogP contribution in [0.3, 0.4) is 0 Å². The lowest BCUT2D eigenvalue weighted by Gasteiger charge is -2.37. The van der Waals surface area contributed by atoms with Gasteiger partial charge in [-0.15, -0.1) is 0 Å². The van der Waals surface area contributed by atoms with Crippen molar-refractivity contribution in [2.24, 2.45) is 5.41 Å². The normalized spacial score (nSPS) is 20.1. The molecule has 1 aromatic rings. The molecule has 0 unspecified atom stereocenters. The first-order valence-electron chi connectivity index (χ1n) is 8.83. The second kappa shape index (κ2) is 8.67. The lowest BCUT2D eigenvalue weighted by molar-refractivity contribution is -0.137. The molecule has 0 aliphatic carbocycles. The number of amides is 2. The van der Waals surface area contributed by atoms with E-state index in [1.165, 1.54) is 31.3 Å². The van der Waals surface area contributed by atoms with E-state index >= 15 is 0 Å². The molecule has 1 aromatic carbocycles. The van der Waals surface area contributed by atoms with Crippen molar-refractivity contribution in [2.75, 3.05) is 20.8 Å². The predicted molar refractivity (Wildman–Crippen MR) is 96.6 cm³/mol. The van der Waals surface area contributed by atoms with Gasteiger partial charge in [0.05, 0.1) is 18.0 Å². The van der Waals surface area contributed by atoms with Crippen LogP contribution >= 0.6 is 0 Å². The second-order valence-electron chi connectivity index (χ2n) is 7.19. The number of ether oxygens (including phenoxy) is 2. The molecular formula is C19H27FN2O5. The van der Waals surface area contributed by atoms with Crippen LogP contribution in [0.15, 0.2) is 24.3 Å². The van der Waals surface area contributed by atoms with E-state index in [2.05, 4.69) is 5.32 Å². The Hall–Kier alpha value is -2.19. The summed E-state index contributed by atoms with van der Waals surface area (Å²) in [6.45, 7) is 3.58. The second-order valence-corrected chi connectivity index (χ2v) is 7.19. The summed E-state index contributed by atoms with van der Waals surface area (Å²) in [5, 5.41) is 12.5. The van der Waals surface area contributed by atoms with Gasteiger partial charge in [-0.3, -0.25) is 9.69 Å². The van der Waals surface area contributed by atoms with Crippen LogP contribution in [0.5, 0.6) is 0 Å². The lowest BCUT2D eigenvalue weighted by atomic mass is 9.82. The van der Waals surface area contributed by atoms with Crippen molar-refractivity contribution in [1.82, 2.24) is 10.2 Å². The van der Waals surface area contributed by atoms with Crippen LogP contribution in [0.2, 0.25) is 0 Å². The molecule has 0 radical (unpaired) electrons. The molecule has 2 amide bonds. The molecule has 0 aromatic heterocycles. The molecule has 1 aliphatic heterocycles. The summed E-state index contributed by atoms with van der Waals surface area (Å²) in [5.41, 5.74) is -0.387. The van der Waals surface area contributed by atoms with Crippen molar-refractivity contribution >= 4 is 12.0 Å². The molecule has 1 heterocycles. The fraction of sp³-hybridized carbons (Fsp3) is 0.579. The summed E-state index contributed by atoms with van der Waals surface area (Å²) in [6, 6.07) is 4.91. The first-order chi connectivity index (χ1) is 12.7. The zero-order valence-electron chi connectivity index (χ0n) is 16.1. The minimum Gasteiger partial charge on any atom is -0.465 e. The van der Waals surface area contributed by atoms with E-state index in [1.807, 2.05) is 0 Å². The van der Waals surface area contributed by atoms with Crippen molar-refractivity contribution in [1.29, 1.82) is 0 Å². The van der Waals surface area contributed by atoms with Gasteiger partial charge in [0.1, 0.15) is 5.82 Å². The fourth-order valence-corrected chi connectivity index (χ4v) is 3.65. The summed E-state index contributed by atoms with van der Waals surface area (Å²) in [5.74, 6) is -0.707. The van der Waals surface area contributed by atoms with Crippen molar-refractivity contribution in [3.05, 3.63) is 35.6 Å². The Balaban J connectivity index is 2.20. The molecule has 0 bridgehead atoms. The van der Waals surface area contributed by atoms with Crippen molar-refractivity contribution in [3.8, 4) is 0 Å². The van der Waals surface area contributed by atoms with Crippen molar-refractivity contribution in [2.45, 2.75) is 45.1 Å². The third-order valence-corrected chi connectivity index (χ3v) is 5.21. The number of carbonyl (C=O) groups is 2. The zero-order valence-corrected chi connectivity index (χ0v) is 16.1. The van der Waals surface area contributed by atoms with Gasteiger partial charge in [0.2, 0.25) is 5.91 Å². The molecule has 0 saturated carbocycles. The highest BCUT2D eigenvalue weighted by Crippen LogP contribution is 2.43. The van der Waals surface area contributed by atoms with Gasteiger partial charge in [-0.2, -0.15) is 0 Å². The Morgan fingerprint density at radius 3 is 2.56 bits per heavy atom. The van der Waals surface area contributed by atoms with Gasteiger partial charge in [0.15, 0.2) is 6.29 Å². The van der Waals surface area contributed by atoms with Crippen molar-refractivity contribution in [3.63, 3.8) is 0 Å². The van der Waals surface area contributed by atoms with Gasteiger partial charge in [-0.05, 0) is 44.4 Å². The Kier molecular flexibility index (Phi) is 6.78. The summed E-state index contributed by atoms with van der Waals surface area (Å²) >= 11 is 0. The van der Waals surface area contributed by atoms with E-state index < -0.39 is 35.7 Å². The molecule has 150 valence electrons. The smallest absolute Gasteiger partial charge is 0.408 e. The van der Waals surface area contributed by atoms with Gasteiger partial charge in [0, 0.05) is 20.3 Å². The minimum atomic E-state index is -1.13. The first-order valence-corrected chi connectivity index (χ1v) is 8.83. The number of hydrogen-bond donors (Lipinski definition) is 2. The van der Waals surface area contributed by atoms with Gasteiger partial charge < -0.3 is 19.9 Å². The van der Waals surface area contributed by atoms with E-state index in [4.69, 9.17) is 9.47 Å². The topological polar surface area (TPSA) is 88.1 Å². The third kappa shape index (κ3) is 4.56. The monoisotopic (exact) mass is 382 g/mol. The Morgan fingerprint density at radius 1 is 1.33 bits per heavy atom. The fourth-order valence-electron chi connectivity index (χ4n) is 3.65. The number of carbonyl (C=O) groups excluding carboxylic acids is 1. The van der Waals surface area contributed by atoms with Crippen molar-refractivity contribution < 1.29 is 28.6 Å². The quantitative estimate of drug-likeness (QED) is 0.708. The predicted octanol–water partition coefficient (Wildman–Crippen LogP) is 2.77. The molecule has 2 rings (SSSR count). The first kappa shape index (κ1) is 21.1. The maximum Gasteiger partial charge on any atom is 0.408 e. The molecule has 7 nitrogen and oxygen atoms in total. The molecule has 2 atom stereocenters. The minimum absolute atomic E-state index is 0.155. The molecule has 1 saturated heterocycles. The van der Waals surface area contributed by atoms with E-state index in [1.54, 1.807) is 26.0 Å². The number of rotatable bonds is 7. The maximum atomic E-state index is 13.6. The van der Waals surface area contributed by atoms with Crippen LogP contribution in [-0.2, 0) is 14.3 Å². The summed E-state index contributed by atoms with van der Waals surface area (Å²) in [6.07, 6.45) is -0.676. The van der Waals surface area contributed by atoms with E-state index in [-0.39, 0.29) is 12.5 Å². The number of methoxy groups -OCH3 is 2. The van der Waals surface area contributed by atoms with Gasteiger partial charge in [-0.1, -0.05) is 12.1 Å². The molecule has 0 spiro atoms. The van der Waals surface area contributed by atoms with Crippen LogP contribution in [0.4, 0.5) is 9.18 Å². The number of carboxylic acid groups (broad SMARTS) is 1. The molecular weight excluding hydrogens is 355 g/mol. The van der Waals surface area contributed by atoms with E-state index in [0.717, 1.165) is 0 Å². The number of nitrogens with one attached hydrogen (secondary N) is 1. The number of hydrogen-bond acceptors (Lipinski definition) is 4. The number of halogens is 1. The van der Waals surface area contributed by atoms with E-state index in [0.29, 0.717) is 18.4 Å². The van der Waals surface area contributed by atoms with Crippen LogP contribution in [0, 0.1) is 11.2 Å². The van der Waals surface area contributed by atoms with E-state index in [9.17, 15) is 19.1 Å². The van der Waals surface area contributed by atoms with Gasteiger partial charge in [-0.25, -0.2) is 9.18 Å². The van der Waals surface area contributed by atoms with Crippen LogP contribution in [0.1, 0.15) is 38.3 Å². The van der Waals surface area contributed by atoms with Crippen LogP contribution in [-0.4, -0.2) is 55.1 Å². The highest BCUT2D eigenvalue weighted by Gasteiger charge is 2.48. The Bertz CT molecular complexity index is 678. The SMILES string of the molecule is COC(CNC(=O)C(C)(C)[C@H]1CC[C@@H](c2cccc(F)c2)N1C(=O)O)OC. The molecule has 2 N–H and O–H groups in total. The highest BCUT2D eigenvalue weighted by atomic mass is 19.1. The number of nitrogens with zero attached hydrogens (tertiary/aromatic N) is 1. The standard InChI is InChI=1S/C19H27FN2O5/c1-19(2,17(23)21-11-16(26-3)27-4)15-9-8-14(22(15)18(24)25)12-6-5-7-13(20)10-12/h5-7,10,14-16H,8-9,11H2,1-4H3,(H,21,23)(H,24,25)/t14-,15+/m0/s1. The average molecular weight is 382 g/mol. The van der Waals surface area contributed by atoms with Gasteiger partial charge in [0.25, 0.3) is 0 Å². The number of likely N-dealkylation sites (tertiary alicyclic amines) is 1. The molecule has 1 fully saturated rings. The molecule has 8 heteroatoms. The number of benzene rings is 1. The zero-order chi connectivity index (χ0) is 20.2. The maximum absolute atomic E-state index is 13.6. The average Bonchev–Trinajstić information content (AvgIpc) is 3.08. The van der Waals surface area contributed by atoms with Gasteiger partial charge >= 0.3 is 6.09 Å². The lowest BCUT2D eigenvalue weighted by Crippen LogP contribution is -2.53. The summed E-state index contributed by atoms with van der Waals surface area (Å²) in [4.78, 5) is 26.0. The Labute approximate surface area is 158 Å². The third-order valence-electron chi connectivity index (χ3n) is 5.21. The molecule has 1 aliphatic rings. The molecule has 27 heavy (non-hydrogen) atoms. The largest absolute Gasteiger partial charge is 0.465 e. The summed E-state index contributed by atoms with van der Waals surface area (Å²) in [7, 11) is 2.94. The summed E-state index contributed by atoms with van der Waals surface area (Å²) < 4.78 is 23.7.